The van der Waals surface area contributed by atoms with Crippen LogP contribution in [0.15, 0.2) is 30.3 Å². The Bertz CT molecular complexity index is 271. The van der Waals surface area contributed by atoms with Crippen LogP contribution in [-0.2, 0) is 0 Å². The van der Waals surface area contributed by atoms with Crippen molar-refractivity contribution < 1.29 is 0 Å². The molecule has 1 aromatic rings. The van der Waals surface area contributed by atoms with E-state index in [0.717, 1.165) is 26.1 Å². The van der Waals surface area contributed by atoms with Gasteiger partial charge in [0.2, 0.25) is 0 Å². The zero-order chi connectivity index (χ0) is 11.8. The number of nitrogens with two attached hydrogens (primary N) is 1. The van der Waals surface area contributed by atoms with Gasteiger partial charge in [-0.1, -0.05) is 37.3 Å². The molecule has 16 heavy (non-hydrogen) atoms. The third kappa shape index (κ3) is 4.77. The lowest BCUT2D eigenvalue weighted by Gasteiger charge is -2.19. The summed E-state index contributed by atoms with van der Waals surface area (Å²) >= 11 is 0. The van der Waals surface area contributed by atoms with Crippen LogP contribution in [-0.4, -0.2) is 31.6 Å². The van der Waals surface area contributed by atoms with Crippen LogP contribution >= 0.6 is 0 Å². The van der Waals surface area contributed by atoms with Crippen LogP contribution in [0.3, 0.4) is 0 Å². The van der Waals surface area contributed by atoms with Gasteiger partial charge < -0.3 is 10.6 Å². The van der Waals surface area contributed by atoms with Gasteiger partial charge in [0.1, 0.15) is 0 Å². The lowest BCUT2D eigenvalue weighted by molar-refractivity contribution is 0.318. The first-order valence-electron chi connectivity index (χ1n) is 6.17. The molecule has 0 heterocycles. The highest BCUT2D eigenvalue weighted by Crippen LogP contribution is 2.18. The normalized spacial score (nSPS) is 13.0. The maximum Gasteiger partial charge on any atom is -0.000976 e. The van der Waals surface area contributed by atoms with Gasteiger partial charge in [0.25, 0.3) is 0 Å². The molecule has 1 unspecified atom stereocenters. The van der Waals surface area contributed by atoms with Crippen LogP contribution in [0.2, 0.25) is 0 Å². The number of hydrogen-bond acceptors (Lipinski definition) is 2. The highest BCUT2D eigenvalue weighted by atomic mass is 15.1. The molecule has 0 radical (unpaired) electrons. The molecule has 0 fully saturated rings. The highest BCUT2D eigenvalue weighted by molar-refractivity contribution is 5.18. The summed E-state index contributed by atoms with van der Waals surface area (Å²) < 4.78 is 0. The molecule has 1 atom stereocenters. The SMILES string of the molecule is CC(CCN(C)CCCN)c1ccccc1. The molecule has 0 aliphatic rings. The standard InChI is InChI=1S/C14H24N2/c1-13(14-7-4-3-5-8-14)9-12-16(2)11-6-10-15/h3-5,7-8,13H,6,9-12,15H2,1-2H3. The van der Waals surface area contributed by atoms with Crippen molar-refractivity contribution in [1.82, 2.24) is 4.90 Å². The van der Waals surface area contributed by atoms with Crippen molar-refractivity contribution in [2.45, 2.75) is 25.7 Å². The maximum atomic E-state index is 5.50. The van der Waals surface area contributed by atoms with Gasteiger partial charge in [0.15, 0.2) is 0 Å². The van der Waals surface area contributed by atoms with Crippen LogP contribution in [0.5, 0.6) is 0 Å². The van der Waals surface area contributed by atoms with E-state index >= 15 is 0 Å². The van der Waals surface area contributed by atoms with Gasteiger partial charge in [-0.25, -0.2) is 0 Å². The maximum absolute atomic E-state index is 5.50. The smallest absolute Gasteiger partial charge is 0.000976 e. The Morgan fingerprint density at radius 3 is 2.50 bits per heavy atom. The Morgan fingerprint density at radius 2 is 1.88 bits per heavy atom. The fourth-order valence-electron chi connectivity index (χ4n) is 1.84. The first-order chi connectivity index (χ1) is 7.74. The van der Waals surface area contributed by atoms with Crippen molar-refractivity contribution in [3.63, 3.8) is 0 Å². The Labute approximate surface area is 99.5 Å². The van der Waals surface area contributed by atoms with E-state index < -0.39 is 0 Å². The van der Waals surface area contributed by atoms with Crippen LogP contribution in [0.4, 0.5) is 0 Å². The van der Waals surface area contributed by atoms with Gasteiger partial charge in [0, 0.05) is 0 Å². The molecule has 1 aromatic carbocycles. The van der Waals surface area contributed by atoms with Crippen molar-refractivity contribution in [3.8, 4) is 0 Å². The van der Waals surface area contributed by atoms with Crippen LogP contribution in [0, 0.1) is 0 Å². The van der Waals surface area contributed by atoms with Gasteiger partial charge in [-0.05, 0) is 51.0 Å². The van der Waals surface area contributed by atoms with E-state index in [1.165, 1.54) is 12.0 Å². The summed E-state index contributed by atoms with van der Waals surface area (Å²) in [4.78, 5) is 2.37. The first kappa shape index (κ1) is 13.2. The van der Waals surface area contributed by atoms with Gasteiger partial charge in [-0.2, -0.15) is 0 Å². The molecule has 0 aliphatic carbocycles. The summed E-state index contributed by atoms with van der Waals surface area (Å²) in [6.45, 7) is 5.35. The summed E-state index contributed by atoms with van der Waals surface area (Å²) in [6, 6.07) is 10.7. The quantitative estimate of drug-likeness (QED) is 0.765. The first-order valence-corrected chi connectivity index (χ1v) is 6.17. The molecule has 0 bridgehead atoms. The fourth-order valence-corrected chi connectivity index (χ4v) is 1.84. The van der Waals surface area contributed by atoms with Crippen LogP contribution in [0.1, 0.15) is 31.2 Å². The molecule has 0 spiro atoms. The molecule has 1 rings (SSSR count). The summed E-state index contributed by atoms with van der Waals surface area (Å²) in [6.07, 6.45) is 2.31. The minimum Gasteiger partial charge on any atom is -0.330 e. The van der Waals surface area contributed by atoms with E-state index in [1.54, 1.807) is 0 Å². The zero-order valence-electron chi connectivity index (χ0n) is 10.5. The number of hydrogen-bond donors (Lipinski definition) is 1. The topological polar surface area (TPSA) is 29.3 Å². The predicted octanol–water partition coefficient (Wildman–Crippen LogP) is 2.46. The van der Waals surface area contributed by atoms with Crippen molar-refractivity contribution in [2.75, 3.05) is 26.7 Å². The molecule has 0 aliphatic heterocycles. The van der Waals surface area contributed by atoms with Crippen LogP contribution < -0.4 is 5.73 Å². The van der Waals surface area contributed by atoms with Crippen LogP contribution in [0.25, 0.3) is 0 Å². The van der Waals surface area contributed by atoms with Gasteiger partial charge in [-0.3, -0.25) is 0 Å². The molecular formula is C14H24N2. The third-order valence-corrected chi connectivity index (χ3v) is 3.06. The molecule has 0 aromatic heterocycles. The number of rotatable bonds is 7. The second kappa shape index (κ2) is 7.42. The fraction of sp³-hybridized carbons (Fsp3) is 0.571. The lowest BCUT2D eigenvalue weighted by Crippen LogP contribution is -2.23. The lowest BCUT2D eigenvalue weighted by atomic mass is 9.98. The van der Waals surface area contributed by atoms with E-state index in [1.807, 2.05) is 0 Å². The molecule has 0 saturated heterocycles. The average Bonchev–Trinajstić information content (AvgIpc) is 2.34. The summed E-state index contributed by atoms with van der Waals surface area (Å²) in [5.41, 5.74) is 6.94. The van der Waals surface area contributed by atoms with Crippen molar-refractivity contribution in [2.24, 2.45) is 5.73 Å². The largest absolute Gasteiger partial charge is 0.330 e. The van der Waals surface area contributed by atoms with Crippen molar-refractivity contribution in [3.05, 3.63) is 35.9 Å². The molecule has 0 amide bonds. The molecule has 2 nitrogen and oxygen atoms in total. The van der Waals surface area contributed by atoms with Crippen molar-refractivity contribution in [1.29, 1.82) is 0 Å². The molecule has 90 valence electrons. The minimum absolute atomic E-state index is 0.640. The average molecular weight is 220 g/mol. The predicted molar refractivity (Wildman–Crippen MR) is 70.6 cm³/mol. The Balaban J connectivity index is 2.27. The number of nitrogens with zero attached hydrogens (tertiary/aromatic N) is 1. The minimum atomic E-state index is 0.640. The van der Waals surface area contributed by atoms with E-state index in [-0.39, 0.29) is 0 Å². The van der Waals surface area contributed by atoms with Gasteiger partial charge in [-0.15, -0.1) is 0 Å². The zero-order valence-corrected chi connectivity index (χ0v) is 10.5. The second-order valence-electron chi connectivity index (χ2n) is 4.55. The highest BCUT2D eigenvalue weighted by Gasteiger charge is 2.06. The van der Waals surface area contributed by atoms with Gasteiger partial charge >= 0.3 is 0 Å². The monoisotopic (exact) mass is 220 g/mol. The Kier molecular flexibility index (Phi) is 6.12. The van der Waals surface area contributed by atoms with E-state index in [4.69, 9.17) is 5.73 Å². The summed E-state index contributed by atoms with van der Waals surface area (Å²) in [5, 5.41) is 0. The summed E-state index contributed by atoms with van der Waals surface area (Å²) in [7, 11) is 2.17. The second-order valence-corrected chi connectivity index (χ2v) is 4.55. The molecular weight excluding hydrogens is 196 g/mol. The van der Waals surface area contributed by atoms with Crippen molar-refractivity contribution >= 4 is 0 Å². The Morgan fingerprint density at radius 1 is 1.19 bits per heavy atom. The third-order valence-electron chi connectivity index (χ3n) is 3.06. The Hall–Kier alpha value is -0.860. The van der Waals surface area contributed by atoms with Gasteiger partial charge in [0.05, 0.1) is 0 Å². The molecule has 2 N–H and O–H groups in total. The molecule has 2 heteroatoms. The summed E-state index contributed by atoms with van der Waals surface area (Å²) in [5.74, 6) is 0.640. The molecule has 0 saturated carbocycles. The van der Waals surface area contributed by atoms with E-state index in [0.29, 0.717) is 5.92 Å². The number of benzene rings is 1. The van der Waals surface area contributed by atoms with E-state index in [2.05, 4.69) is 49.2 Å². The van der Waals surface area contributed by atoms with E-state index in [9.17, 15) is 0 Å².